The van der Waals surface area contributed by atoms with Crippen LogP contribution in [0, 0.1) is 0 Å². The molecule has 2 aromatic rings. The van der Waals surface area contributed by atoms with Crippen molar-refractivity contribution in [1.29, 1.82) is 0 Å². The number of methoxy groups -OCH3 is 1. The maximum absolute atomic E-state index is 13.4. The average Bonchev–Trinajstić information content (AvgIpc) is 3.05. The number of benzene rings is 2. The number of nitrogens with zero attached hydrogens (tertiary/aromatic N) is 2. The zero-order valence-electron chi connectivity index (χ0n) is 17.6. The topological polar surface area (TPSA) is 71.0 Å². The highest BCUT2D eigenvalue weighted by Gasteiger charge is 2.48. The number of hydrogen-bond donors (Lipinski definition) is 1. The largest absolute Gasteiger partial charge is 0.497 e. The van der Waals surface area contributed by atoms with Gasteiger partial charge in [-0.3, -0.25) is 14.6 Å². The quantitative estimate of drug-likeness (QED) is 0.672. The molecule has 0 unspecified atom stereocenters. The number of ether oxygens (including phenoxy) is 1. The Bertz CT molecular complexity index is 997. The Kier molecular flexibility index (Phi) is 6.41. The van der Waals surface area contributed by atoms with Crippen molar-refractivity contribution in [2.75, 3.05) is 13.7 Å². The molecule has 7 heteroatoms. The molecule has 2 aromatic carbocycles. The molecule has 0 saturated heterocycles. The van der Waals surface area contributed by atoms with Crippen LogP contribution in [0.1, 0.15) is 43.2 Å². The molecular weight excluding hydrogens is 458 g/mol. The van der Waals surface area contributed by atoms with Crippen molar-refractivity contribution in [2.45, 2.75) is 44.3 Å². The van der Waals surface area contributed by atoms with E-state index in [1.807, 2.05) is 48.5 Å². The van der Waals surface area contributed by atoms with Gasteiger partial charge in [-0.2, -0.15) is 0 Å². The summed E-state index contributed by atoms with van der Waals surface area (Å²) in [6.07, 6.45) is 4.71. The molecule has 2 amide bonds. The predicted molar refractivity (Wildman–Crippen MR) is 123 cm³/mol. The summed E-state index contributed by atoms with van der Waals surface area (Å²) in [5.41, 5.74) is 1.57. The van der Waals surface area contributed by atoms with Crippen LogP contribution in [0.3, 0.4) is 0 Å². The standard InChI is InChI=1S/C24H26BrN3O3/c1-31-19-11-9-17(10-12-19)22-23(30)28(24(27-22)13-5-2-6-14-24)16-21(29)26-15-18-7-3-4-8-20(18)25/h3-4,7-12H,2,5-6,13-16H2,1H3,(H,26,29). The van der Waals surface area contributed by atoms with E-state index in [1.165, 1.54) is 0 Å². The Morgan fingerprint density at radius 2 is 1.84 bits per heavy atom. The lowest BCUT2D eigenvalue weighted by atomic mass is 9.88. The second kappa shape index (κ2) is 9.22. The molecule has 0 radical (unpaired) electrons. The van der Waals surface area contributed by atoms with Crippen molar-refractivity contribution >= 4 is 33.5 Å². The number of nitrogens with one attached hydrogen (secondary N) is 1. The van der Waals surface area contributed by atoms with Crippen LogP contribution in [0.25, 0.3) is 0 Å². The van der Waals surface area contributed by atoms with Crippen LogP contribution < -0.4 is 10.1 Å². The first-order valence-corrected chi connectivity index (χ1v) is 11.4. The second-order valence-corrected chi connectivity index (χ2v) is 8.85. The Morgan fingerprint density at radius 3 is 2.52 bits per heavy atom. The Labute approximate surface area is 190 Å². The fraction of sp³-hybridized carbons (Fsp3) is 0.375. The van der Waals surface area contributed by atoms with E-state index in [4.69, 9.17) is 9.73 Å². The molecule has 1 aliphatic heterocycles. The van der Waals surface area contributed by atoms with Crippen LogP contribution in [-0.4, -0.2) is 41.7 Å². The second-order valence-electron chi connectivity index (χ2n) is 7.99. The predicted octanol–water partition coefficient (Wildman–Crippen LogP) is 4.07. The van der Waals surface area contributed by atoms with Crippen molar-refractivity contribution in [3.8, 4) is 5.75 Å². The monoisotopic (exact) mass is 483 g/mol. The minimum atomic E-state index is -0.616. The van der Waals surface area contributed by atoms with Gasteiger partial charge in [-0.1, -0.05) is 40.5 Å². The van der Waals surface area contributed by atoms with Gasteiger partial charge >= 0.3 is 0 Å². The summed E-state index contributed by atoms with van der Waals surface area (Å²) in [5, 5.41) is 2.95. The molecule has 0 atom stereocenters. The molecule has 1 fully saturated rings. The molecule has 4 rings (SSSR count). The third-order valence-electron chi connectivity index (χ3n) is 6.02. The zero-order valence-corrected chi connectivity index (χ0v) is 19.2. The van der Waals surface area contributed by atoms with Crippen molar-refractivity contribution in [3.05, 3.63) is 64.1 Å². The number of carbonyl (C=O) groups is 2. The zero-order chi connectivity index (χ0) is 21.8. The number of aliphatic imine (C=N–C) groups is 1. The van der Waals surface area contributed by atoms with Crippen LogP contribution in [-0.2, 0) is 16.1 Å². The van der Waals surface area contributed by atoms with E-state index in [2.05, 4.69) is 21.2 Å². The molecule has 2 aliphatic rings. The maximum Gasteiger partial charge on any atom is 0.275 e. The van der Waals surface area contributed by atoms with Gasteiger partial charge in [0.1, 0.15) is 23.7 Å². The molecule has 1 heterocycles. The van der Waals surface area contributed by atoms with Gasteiger partial charge in [0.15, 0.2) is 0 Å². The van der Waals surface area contributed by atoms with Gasteiger partial charge in [-0.05, 0) is 61.6 Å². The SMILES string of the molecule is COc1ccc(C2=NC3(CCCCC3)N(CC(=O)NCc3ccccc3Br)C2=O)cc1. The summed E-state index contributed by atoms with van der Waals surface area (Å²) in [6.45, 7) is 0.411. The first-order chi connectivity index (χ1) is 15.0. The summed E-state index contributed by atoms with van der Waals surface area (Å²) < 4.78 is 6.17. The van der Waals surface area contributed by atoms with E-state index in [-0.39, 0.29) is 18.4 Å². The van der Waals surface area contributed by atoms with E-state index < -0.39 is 5.66 Å². The van der Waals surface area contributed by atoms with Gasteiger partial charge in [0.25, 0.3) is 5.91 Å². The molecule has 1 spiro atoms. The number of carbonyl (C=O) groups excluding carboxylic acids is 2. The van der Waals surface area contributed by atoms with Crippen LogP contribution in [0.4, 0.5) is 0 Å². The summed E-state index contributed by atoms with van der Waals surface area (Å²) in [4.78, 5) is 32.8. The Hall–Kier alpha value is -2.67. The molecule has 162 valence electrons. The Morgan fingerprint density at radius 1 is 1.13 bits per heavy atom. The minimum Gasteiger partial charge on any atom is -0.497 e. The third kappa shape index (κ3) is 4.51. The van der Waals surface area contributed by atoms with Gasteiger partial charge in [0, 0.05) is 16.6 Å². The molecule has 31 heavy (non-hydrogen) atoms. The van der Waals surface area contributed by atoms with E-state index in [0.29, 0.717) is 12.3 Å². The highest BCUT2D eigenvalue weighted by Crippen LogP contribution is 2.39. The van der Waals surface area contributed by atoms with E-state index in [0.717, 1.165) is 53.5 Å². The van der Waals surface area contributed by atoms with Gasteiger partial charge in [-0.25, -0.2) is 0 Å². The van der Waals surface area contributed by atoms with Crippen molar-refractivity contribution in [2.24, 2.45) is 4.99 Å². The first kappa shape index (κ1) is 21.6. The smallest absolute Gasteiger partial charge is 0.275 e. The van der Waals surface area contributed by atoms with Crippen LogP contribution in [0.15, 0.2) is 58.0 Å². The van der Waals surface area contributed by atoms with Gasteiger partial charge < -0.3 is 15.0 Å². The molecule has 6 nitrogen and oxygen atoms in total. The Balaban J connectivity index is 1.52. The van der Waals surface area contributed by atoms with E-state index in [9.17, 15) is 9.59 Å². The highest BCUT2D eigenvalue weighted by atomic mass is 79.9. The molecule has 1 saturated carbocycles. The average molecular weight is 484 g/mol. The number of hydrogen-bond acceptors (Lipinski definition) is 4. The highest BCUT2D eigenvalue weighted by molar-refractivity contribution is 9.10. The first-order valence-electron chi connectivity index (χ1n) is 10.6. The van der Waals surface area contributed by atoms with Gasteiger partial charge in [-0.15, -0.1) is 0 Å². The van der Waals surface area contributed by atoms with E-state index >= 15 is 0 Å². The van der Waals surface area contributed by atoms with Crippen molar-refractivity contribution in [3.63, 3.8) is 0 Å². The van der Waals surface area contributed by atoms with Gasteiger partial charge in [0.2, 0.25) is 5.91 Å². The van der Waals surface area contributed by atoms with Crippen LogP contribution >= 0.6 is 15.9 Å². The molecular formula is C24H26BrN3O3. The van der Waals surface area contributed by atoms with Crippen molar-refractivity contribution < 1.29 is 14.3 Å². The van der Waals surface area contributed by atoms with Gasteiger partial charge in [0.05, 0.1) is 7.11 Å². The fourth-order valence-corrected chi connectivity index (χ4v) is 4.75. The minimum absolute atomic E-state index is 0.00639. The summed E-state index contributed by atoms with van der Waals surface area (Å²) in [5.74, 6) is 0.369. The van der Waals surface area contributed by atoms with Crippen LogP contribution in [0.2, 0.25) is 0 Å². The molecule has 1 aliphatic carbocycles. The molecule has 1 N–H and O–H groups in total. The third-order valence-corrected chi connectivity index (χ3v) is 6.80. The molecule has 0 aromatic heterocycles. The maximum atomic E-state index is 13.4. The summed E-state index contributed by atoms with van der Waals surface area (Å²) >= 11 is 3.50. The lowest BCUT2D eigenvalue weighted by Gasteiger charge is -2.38. The fourth-order valence-electron chi connectivity index (χ4n) is 4.32. The molecule has 0 bridgehead atoms. The summed E-state index contributed by atoms with van der Waals surface area (Å²) in [6, 6.07) is 15.1. The number of amides is 2. The summed E-state index contributed by atoms with van der Waals surface area (Å²) in [7, 11) is 1.61. The van der Waals surface area contributed by atoms with E-state index in [1.54, 1.807) is 12.0 Å². The van der Waals surface area contributed by atoms with Crippen LogP contribution in [0.5, 0.6) is 5.75 Å². The number of rotatable bonds is 6. The lowest BCUT2D eigenvalue weighted by Crippen LogP contribution is -2.52. The number of halogens is 1. The normalized spacial score (nSPS) is 17.5. The van der Waals surface area contributed by atoms with Crippen molar-refractivity contribution in [1.82, 2.24) is 10.2 Å². The lowest BCUT2D eigenvalue weighted by molar-refractivity contribution is -0.136.